The summed E-state index contributed by atoms with van der Waals surface area (Å²) >= 11 is 0. The Morgan fingerprint density at radius 2 is 0.974 bits per heavy atom. The Hall–Kier alpha value is -5.16. The molecule has 0 radical (unpaired) electrons. The third kappa shape index (κ3) is 22.2. The molecule has 2 aliphatic heterocycles. The molecule has 1 aliphatic carbocycles. The summed E-state index contributed by atoms with van der Waals surface area (Å²) in [6, 6.07) is -7.65. The second-order valence-electron chi connectivity index (χ2n) is 18.6. The monoisotopic (exact) mass is 1110 g/mol. The average molecular weight is 1110 g/mol. The number of guanidine groups is 4. The predicted molar refractivity (Wildman–Crippen MR) is 275 cm³/mol. The number of carbonyl (C=O) groups excluding carboxylic acids is 4. The van der Waals surface area contributed by atoms with Crippen molar-refractivity contribution in [2.24, 2.45) is 71.6 Å². The summed E-state index contributed by atoms with van der Waals surface area (Å²) in [6.45, 7) is -0.401. The normalized spacial score (nSPS) is 30.8. The fourth-order valence-electron chi connectivity index (χ4n) is 8.44. The van der Waals surface area contributed by atoms with Crippen LogP contribution < -0.4 is 89.5 Å². The Morgan fingerprint density at radius 1 is 0.558 bits per heavy atom. The molecule has 35 heteroatoms. The van der Waals surface area contributed by atoms with E-state index in [4.69, 9.17) is 70.6 Å². The summed E-state index contributed by atoms with van der Waals surface area (Å²) in [7, 11) is 0. The van der Waals surface area contributed by atoms with E-state index in [2.05, 4.69) is 57.8 Å². The van der Waals surface area contributed by atoms with Gasteiger partial charge in [-0.25, -0.2) is 16.3 Å². The number of nitrogens with two attached hydrogens (primary N) is 9. The van der Waals surface area contributed by atoms with E-state index in [1.54, 1.807) is 0 Å². The van der Waals surface area contributed by atoms with Crippen LogP contribution in [-0.2, 0) is 38.1 Å². The standard InChI is InChI=1S/C42H84N20O15/c43-22(8-4-12-55-42(50)51)36(73)57-27-28(67)26(18-66)75-37(30(27)69)76-34-23(61-59-20(16-64)6-2-10-53-40(46)47)13-24(62-60-21(17-65)7-3-11-54-41(48)49)35(33(34)72)77-38-32(71)31(70)29(68)25(74-38)14-56-58-19(15-63)5-1-9-52-39(44)45/h15-17,19-35,37-38,56,58-62,66-72H,1-14,18,43H2,(H,57,73)(H4,44,45,52)(H4,46,47,53)(H4,48,49,54)(H4,50,51,55)/t19-,20-,21-,22+,23-,24?,25+,26-,27+,28?,29?,30?,31-,32?,33-,34?,35+,37?,38-/m1/s1. The van der Waals surface area contributed by atoms with Crippen molar-refractivity contribution in [1.29, 1.82) is 0 Å². The number of aldehydes is 3. The van der Waals surface area contributed by atoms with Gasteiger partial charge in [0, 0.05) is 32.7 Å². The SMILES string of the molecule is NC(N)=NCCC[C@H](C=O)NNC[C@@H]1O[C@H](O[C@H]2C(NN[C@@H](C=O)CCCN=C(N)N)C[C@@H](NN[C@@H](C=O)CCCN=C(N)N)C(OC3O[C@H](CO)C(O)[C@H](NC(=O)[C@@H](N)CCCN=C(N)N)C3O)[C@H]2O)C(O)[C@H](O)C1O. The number of hydrogen-bond donors (Lipinski definition) is 23. The molecule has 77 heavy (non-hydrogen) atoms. The van der Waals surface area contributed by atoms with E-state index in [-0.39, 0.29) is 95.1 Å². The van der Waals surface area contributed by atoms with E-state index in [0.29, 0.717) is 38.1 Å². The zero-order chi connectivity index (χ0) is 57.2. The van der Waals surface area contributed by atoms with Crippen LogP contribution in [0.15, 0.2) is 20.0 Å². The molecule has 0 spiro atoms. The molecule has 0 aromatic rings. The number of rotatable bonds is 36. The van der Waals surface area contributed by atoms with Gasteiger partial charge in [0.25, 0.3) is 0 Å². The molecule has 32 N–H and O–H groups in total. The summed E-state index contributed by atoms with van der Waals surface area (Å²) in [5.41, 5.74) is 66.7. The van der Waals surface area contributed by atoms with Crippen molar-refractivity contribution in [3.63, 3.8) is 0 Å². The highest BCUT2D eigenvalue weighted by Gasteiger charge is 2.54. The number of aliphatic hydroxyl groups is 7. The Morgan fingerprint density at radius 3 is 1.40 bits per heavy atom. The first-order valence-electron chi connectivity index (χ1n) is 25.1. The van der Waals surface area contributed by atoms with Gasteiger partial charge in [-0.05, 0) is 57.8 Å². The number of amides is 1. The van der Waals surface area contributed by atoms with Crippen LogP contribution in [0.3, 0.4) is 0 Å². The molecular formula is C42H84N20O15. The minimum Gasteiger partial charge on any atom is -0.394 e. The van der Waals surface area contributed by atoms with Gasteiger partial charge in [0.2, 0.25) is 5.91 Å². The van der Waals surface area contributed by atoms with Gasteiger partial charge < -0.3 is 126 Å². The molecule has 3 aliphatic rings. The molecule has 2 heterocycles. The highest BCUT2D eigenvalue weighted by molar-refractivity contribution is 5.82. The number of carbonyl (C=O) groups is 4. The Kier molecular flexibility index (Phi) is 29.8. The van der Waals surface area contributed by atoms with E-state index in [1.165, 1.54) is 0 Å². The highest BCUT2D eigenvalue weighted by atomic mass is 16.7. The predicted octanol–water partition coefficient (Wildman–Crippen LogP) is -12.5. The van der Waals surface area contributed by atoms with Crippen LogP contribution in [0.1, 0.15) is 57.8 Å². The molecule has 0 aromatic heterocycles. The average Bonchev–Trinajstić information content (AvgIpc) is 3.39. The molecule has 442 valence electrons. The molecule has 19 atom stereocenters. The Bertz CT molecular complexity index is 1890. The number of hydrazine groups is 3. The van der Waals surface area contributed by atoms with E-state index in [9.17, 15) is 54.9 Å². The van der Waals surface area contributed by atoms with Gasteiger partial charge in [-0.1, -0.05) is 0 Å². The first-order valence-corrected chi connectivity index (χ1v) is 25.1. The molecule has 0 aromatic carbocycles. The first-order chi connectivity index (χ1) is 36.6. The zero-order valence-corrected chi connectivity index (χ0v) is 42.7. The minimum atomic E-state index is -1.98. The highest BCUT2D eigenvalue weighted by Crippen LogP contribution is 2.33. The van der Waals surface area contributed by atoms with Gasteiger partial charge >= 0.3 is 0 Å². The number of nitrogens with one attached hydrogen (secondary N) is 7. The van der Waals surface area contributed by atoms with Crippen molar-refractivity contribution < 1.29 is 73.9 Å². The topological polar surface area (TPSA) is 615 Å². The maximum atomic E-state index is 13.3. The molecule has 7 unspecified atom stereocenters. The van der Waals surface area contributed by atoms with Crippen LogP contribution in [-0.4, -0.2) is 240 Å². The maximum absolute atomic E-state index is 13.3. The minimum absolute atomic E-state index is 0.0794. The van der Waals surface area contributed by atoms with Crippen molar-refractivity contribution in [3.8, 4) is 0 Å². The molecule has 1 saturated carbocycles. The van der Waals surface area contributed by atoms with Gasteiger partial charge in [0.1, 0.15) is 79.9 Å². The molecule has 35 nitrogen and oxygen atoms in total. The number of ether oxygens (including phenoxy) is 4. The van der Waals surface area contributed by atoms with Crippen molar-refractivity contribution in [2.45, 2.75) is 174 Å². The first kappa shape index (κ1) is 66.1. The quantitative estimate of drug-likeness (QED) is 0.00911. The van der Waals surface area contributed by atoms with Gasteiger partial charge in [0.15, 0.2) is 36.4 Å². The van der Waals surface area contributed by atoms with Gasteiger partial charge in [-0.15, -0.1) is 0 Å². The van der Waals surface area contributed by atoms with Crippen molar-refractivity contribution in [2.75, 3.05) is 39.3 Å². The number of hydrogen-bond acceptors (Lipinski definition) is 26. The van der Waals surface area contributed by atoms with Crippen molar-refractivity contribution >= 4 is 48.6 Å². The van der Waals surface area contributed by atoms with Gasteiger partial charge in [-0.3, -0.25) is 41.0 Å². The summed E-state index contributed by atoms with van der Waals surface area (Å²) in [5.74, 6) is -1.42. The molecule has 1 amide bonds. The van der Waals surface area contributed by atoms with Crippen molar-refractivity contribution in [3.05, 3.63) is 0 Å². The van der Waals surface area contributed by atoms with E-state index in [1.807, 2.05) is 0 Å². The van der Waals surface area contributed by atoms with E-state index < -0.39 is 128 Å². The lowest BCUT2D eigenvalue weighted by molar-refractivity contribution is -0.335. The summed E-state index contributed by atoms with van der Waals surface area (Å²) in [5, 5.41) is 81.8. The van der Waals surface area contributed by atoms with E-state index in [0.717, 1.165) is 0 Å². The fraction of sp³-hybridized carbons (Fsp3) is 0.810. The fourth-order valence-corrected chi connectivity index (χ4v) is 8.44. The summed E-state index contributed by atoms with van der Waals surface area (Å²) in [6.07, 6.45) is -17.3. The van der Waals surface area contributed by atoms with E-state index >= 15 is 0 Å². The summed E-state index contributed by atoms with van der Waals surface area (Å²) in [4.78, 5) is 65.4. The lowest BCUT2D eigenvalue weighted by Crippen LogP contribution is -2.72. The number of aliphatic hydroxyl groups excluding tert-OH is 7. The Balaban J connectivity index is 2.03. The van der Waals surface area contributed by atoms with Crippen LogP contribution in [0.2, 0.25) is 0 Å². The molecule has 3 fully saturated rings. The zero-order valence-electron chi connectivity index (χ0n) is 42.7. The molecule has 2 saturated heterocycles. The smallest absolute Gasteiger partial charge is 0.237 e. The second kappa shape index (κ2) is 34.7. The molecule has 3 rings (SSSR count). The van der Waals surface area contributed by atoms with Crippen LogP contribution in [0.25, 0.3) is 0 Å². The van der Waals surface area contributed by atoms with Crippen LogP contribution in [0, 0.1) is 0 Å². The molecular weight excluding hydrogens is 1020 g/mol. The maximum Gasteiger partial charge on any atom is 0.237 e. The third-order valence-corrected chi connectivity index (χ3v) is 12.6. The van der Waals surface area contributed by atoms with Crippen molar-refractivity contribution in [1.82, 2.24) is 37.9 Å². The van der Waals surface area contributed by atoms with Crippen LogP contribution in [0.4, 0.5) is 0 Å². The van der Waals surface area contributed by atoms with Gasteiger partial charge in [-0.2, -0.15) is 0 Å². The summed E-state index contributed by atoms with van der Waals surface area (Å²) < 4.78 is 24.5. The number of nitrogens with zero attached hydrogens (tertiary/aromatic N) is 4. The van der Waals surface area contributed by atoms with Gasteiger partial charge in [0.05, 0.1) is 48.9 Å². The lowest BCUT2D eigenvalue weighted by Gasteiger charge is -2.50. The third-order valence-electron chi connectivity index (χ3n) is 12.6. The molecule has 0 bridgehead atoms. The lowest BCUT2D eigenvalue weighted by atomic mass is 9.83. The Labute approximate surface area is 444 Å². The largest absolute Gasteiger partial charge is 0.394 e. The second-order valence-corrected chi connectivity index (χ2v) is 18.6. The van der Waals surface area contributed by atoms with Crippen LogP contribution >= 0.6 is 0 Å². The number of aliphatic imine (C=N–C) groups is 4. The van der Waals surface area contributed by atoms with Crippen LogP contribution in [0.5, 0.6) is 0 Å².